The second-order valence-corrected chi connectivity index (χ2v) is 5.18. The summed E-state index contributed by atoms with van der Waals surface area (Å²) in [6, 6.07) is 6.83. The summed E-state index contributed by atoms with van der Waals surface area (Å²) in [6.45, 7) is 0.333. The molecule has 0 unspecified atom stereocenters. The molecule has 1 aliphatic carbocycles. The van der Waals surface area contributed by atoms with Gasteiger partial charge in [0.2, 0.25) is 5.91 Å². The third-order valence-electron chi connectivity index (χ3n) is 4.01. The molecule has 5 nitrogen and oxygen atoms in total. The Bertz CT molecular complexity index is 508. The molecule has 1 fully saturated rings. The van der Waals surface area contributed by atoms with Crippen LogP contribution in [-0.4, -0.2) is 25.5 Å². The second kappa shape index (κ2) is 6.05. The number of benzene rings is 1. The molecule has 0 atom stereocenters. The van der Waals surface area contributed by atoms with Gasteiger partial charge in [-0.2, -0.15) is 0 Å². The number of amides is 1. The smallest absolute Gasteiger partial charge is 0.339 e. The van der Waals surface area contributed by atoms with Crippen LogP contribution < -0.4 is 11.1 Å². The molecule has 1 amide bonds. The van der Waals surface area contributed by atoms with Gasteiger partial charge in [-0.25, -0.2) is 4.79 Å². The predicted octanol–water partition coefficient (Wildman–Crippen LogP) is 1.93. The van der Waals surface area contributed by atoms with E-state index in [-0.39, 0.29) is 5.91 Å². The number of carbonyl (C=O) groups excluding carboxylic acids is 2. The van der Waals surface area contributed by atoms with Gasteiger partial charge in [0.15, 0.2) is 0 Å². The normalized spacial score (nSPS) is 16.7. The highest BCUT2D eigenvalue weighted by Gasteiger charge is 2.40. The van der Waals surface area contributed by atoms with E-state index in [0.29, 0.717) is 17.8 Å². The van der Waals surface area contributed by atoms with E-state index in [1.807, 2.05) is 0 Å². The number of para-hydroxylation sites is 1. The second-order valence-electron chi connectivity index (χ2n) is 5.18. The Hall–Kier alpha value is -1.88. The molecule has 0 aliphatic heterocycles. The van der Waals surface area contributed by atoms with Crippen LogP contribution in [0.25, 0.3) is 0 Å². The molecule has 0 spiro atoms. The number of nitrogens with one attached hydrogen (secondary N) is 1. The van der Waals surface area contributed by atoms with Crippen LogP contribution in [0.4, 0.5) is 5.69 Å². The first-order valence-electron chi connectivity index (χ1n) is 6.82. The summed E-state index contributed by atoms with van der Waals surface area (Å²) in [5.74, 6) is -0.567. The maximum Gasteiger partial charge on any atom is 0.339 e. The van der Waals surface area contributed by atoms with Crippen LogP contribution in [0.5, 0.6) is 0 Å². The lowest BCUT2D eigenvalue weighted by Gasteiger charge is -2.26. The summed E-state index contributed by atoms with van der Waals surface area (Å²) in [7, 11) is 1.32. The van der Waals surface area contributed by atoms with E-state index in [1.54, 1.807) is 24.3 Å². The van der Waals surface area contributed by atoms with Crippen molar-refractivity contribution in [1.29, 1.82) is 0 Å². The highest BCUT2D eigenvalue weighted by molar-refractivity contribution is 6.03. The zero-order valence-corrected chi connectivity index (χ0v) is 11.6. The van der Waals surface area contributed by atoms with Crippen molar-refractivity contribution in [2.24, 2.45) is 11.1 Å². The Kier molecular flexibility index (Phi) is 4.39. The minimum absolute atomic E-state index is 0.103. The van der Waals surface area contributed by atoms with Crippen molar-refractivity contribution >= 4 is 17.6 Å². The monoisotopic (exact) mass is 276 g/mol. The quantitative estimate of drug-likeness (QED) is 0.823. The van der Waals surface area contributed by atoms with Crippen molar-refractivity contribution in [3.63, 3.8) is 0 Å². The number of esters is 1. The first-order chi connectivity index (χ1) is 9.63. The average Bonchev–Trinajstić information content (AvgIpc) is 2.97. The molecule has 2 rings (SSSR count). The molecule has 0 bridgehead atoms. The lowest BCUT2D eigenvalue weighted by atomic mass is 9.85. The van der Waals surface area contributed by atoms with Crippen molar-refractivity contribution in [1.82, 2.24) is 0 Å². The molecule has 108 valence electrons. The standard InChI is InChI=1S/C15H20N2O3/c1-20-13(18)11-6-2-3-7-12(11)17-14(19)15(10-16)8-4-5-9-15/h2-3,6-7H,4-5,8-10,16H2,1H3,(H,17,19). The third-order valence-corrected chi connectivity index (χ3v) is 4.01. The molecule has 0 aromatic heterocycles. The molecule has 0 heterocycles. The van der Waals surface area contributed by atoms with E-state index in [0.717, 1.165) is 25.7 Å². The maximum absolute atomic E-state index is 12.5. The van der Waals surface area contributed by atoms with Crippen LogP contribution >= 0.6 is 0 Å². The molecule has 1 aromatic carbocycles. The van der Waals surface area contributed by atoms with Gasteiger partial charge in [0.25, 0.3) is 0 Å². The number of methoxy groups -OCH3 is 1. The van der Waals surface area contributed by atoms with Crippen molar-refractivity contribution in [2.45, 2.75) is 25.7 Å². The fourth-order valence-corrected chi connectivity index (χ4v) is 2.71. The molecule has 5 heteroatoms. The summed E-state index contributed by atoms with van der Waals surface area (Å²) < 4.78 is 4.72. The summed E-state index contributed by atoms with van der Waals surface area (Å²) in [6.07, 6.45) is 3.64. The first-order valence-corrected chi connectivity index (χ1v) is 6.82. The van der Waals surface area contributed by atoms with Crippen molar-refractivity contribution < 1.29 is 14.3 Å². The number of ether oxygens (including phenoxy) is 1. The largest absolute Gasteiger partial charge is 0.465 e. The molecule has 20 heavy (non-hydrogen) atoms. The number of nitrogens with two attached hydrogens (primary N) is 1. The topological polar surface area (TPSA) is 81.4 Å². The van der Waals surface area contributed by atoms with Crippen molar-refractivity contribution in [2.75, 3.05) is 19.0 Å². The number of rotatable bonds is 4. The summed E-state index contributed by atoms with van der Waals surface area (Å²) in [4.78, 5) is 24.2. The van der Waals surface area contributed by atoms with Gasteiger partial charge in [-0.3, -0.25) is 4.79 Å². The number of carbonyl (C=O) groups is 2. The number of hydrogen-bond donors (Lipinski definition) is 2. The molecule has 0 saturated heterocycles. The molecule has 0 radical (unpaired) electrons. The fourth-order valence-electron chi connectivity index (χ4n) is 2.71. The van der Waals surface area contributed by atoms with Gasteiger partial charge in [0, 0.05) is 6.54 Å². The number of hydrogen-bond acceptors (Lipinski definition) is 4. The van der Waals surface area contributed by atoms with Crippen LogP contribution in [0.15, 0.2) is 24.3 Å². The van der Waals surface area contributed by atoms with Gasteiger partial charge in [0.1, 0.15) is 0 Å². The minimum Gasteiger partial charge on any atom is -0.465 e. The van der Waals surface area contributed by atoms with E-state index >= 15 is 0 Å². The molecule has 3 N–H and O–H groups in total. The maximum atomic E-state index is 12.5. The predicted molar refractivity (Wildman–Crippen MR) is 76.4 cm³/mol. The van der Waals surface area contributed by atoms with E-state index in [1.165, 1.54) is 7.11 Å². The highest BCUT2D eigenvalue weighted by atomic mass is 16.5. The van der Waals surface area contributed by atoms with Crippen LogP contribution in [0.1, 0.15) is 36.0 Å². The lowest BCUT2D eigenvalue weighted by molar-refractivity contribution is -0.124. The summed E-state index contributed by atoms with van der Waals surface area (Å²) in [5, 5.41) is 2.84. The molecular formula is C15H20N2O3. The Morgan fingerprint density at radius 3 is 2.55 bits per heavy atom. The summed E-state index contributed by atoms with van der Waals surface area (Å²) in [5.41, 5.74) is 6.13. The first kappa shape index (κ1) is 14.5. The zero-order chi connectivity index (χ0) is 14.6. The Labute approximate surface area is 118 Å². The van der Waals surface area contributed by atoms with Crippen LogP contribution in [0, 0.1) is 5.41 Å². The molecule has 1 saturated carbocycles. The third kappa shape index (κ3) is 2.67. The SMILES string of the molecule is COC(=O)c1ccccc1NC(=O)C1(CN)CCCC1. The fraction of sp³-hybridized carbons (Fsp3) is 0.467. The van der Waals surface area contributed by atoms with E-state index in [4.69, 9.17) is 10.5 Å². The number of anilines is 1. The van der Waals surface area contributed by atoms with E-state index in [2.05, 4.69) is 5.32 Å². The van der Waals surface area contributed by atoms with Crippen LogP contribution in [-0.2, 0) is 9.53 Å². The molecule has 1 aliphatic rings. The molecular weight excluding hydrogens is 256 g/mol. The Morgan fingerprint density at radius 1 is 1.30 bits per heavy atom. The Morgan fingerprint density at radius 2 is 1.95 bits per heavy atom. The van der Waals surface area contributed by atoms with Gasteiger partial charge in [-0.1, -0.05) is 25.0 Å². The van der Waals surface area contributed by atoms with Gasteiger partial charge in [-0.15, -0.1) is 0 Å². The van der Waals surface area contributed by atoms with Gasteiger partial charge < -0.3 is 15.8 Å². The van der Waals surface area contributed by atoms with Crippen molar-refractivity contribution in [3.8, 4) is 0 Å². The van der Waals surface area contributed by atoms with E-state index < -0.39 is 11.4 Å². The Balaban J connectivity index is 2.22. The van der Waals surface area contributed by atoms with Crippen LogP contribution in [0.2, 0.25) is 0 Å². The van der Waals surface area contributed by atoms with Gasteiger partial charge >= 0.3 is 5.97 Å². The van der Waals surface area contributed by atoms with Gasteiger partial charge in [0.05, 0.1) is 23.8 Å². The van der Waals surface area contributed by atoms with E-state index in [9.17, 15) is 9.59 Å². The van der Waals surface area contributed by atoms with Gasteiger partial charge in [-0.05, 0) is 25.0 Å². The highest BCUT2D eigenvalue weighted by Crippen LogP contribution is 2.38. The van der Waals surface area contributed by atoms with Crippen molar-refractivity contribution in [3.05, 3.63) is 29.8 Å². The minimum atomic E-state index is -0.497. The molecule has 1 aromatic rings. The lowest BCUT2D eigenvalue weighted by Crippen LogP contribution is -2.40. The van der Waals surface area contributed by atoms with Crippen LogP contribution in [0.3, 0.4) is 0 Å². The summed E-state index contributed by atoms with van der Waals surface area (Å²) >= 11 is 0. The zero-order valence-electron chi connectivity index (χ0n) is 11.6. The average molecular weight is 276 g/mol.